The third-order valence-electron chi connectivity index (χ3n) is 7.81. The molecule has 4 rings (SSSR count). The second-order valence-electron chi connectivity index (χ2n) is 12.9. The van der Waals surface area contributed by atoms with Crippen LogP contribution in [0.25, 0.3) is 6.08 Å². The van der Waals surface area contributed by atoms with Gasteiger partial charge in [0, 0.05) is 5.56 Å². The third-order valence-corrected chi connectivity index (χ3v) is 12.2. The summed E-state index contributed by atoms with van der Waals surface area (Å²) in [5, 5.41) is 1.15. The van der Waals surface area contributed by atoms with Crippen molar-refractivity contribution in [2.24, 2.45) is 11.8 Å². The zero-order valence-electron chi connectivity index (χ0n) is 21.9. The molecule has 2 aliphatic rings. The summed E-state index contributed by atoms with van der Waals surface area (Å²) >= 11 is 0. The molecule has 1 nitrogen and oxygen atoms in total. The summed E-state index contributed by atoms with van der Waals surface area (Å²) in [5.41, 5.74) is 3.83. The molecule has 0 N–H and O–H groups in total. The third kappa shape index (κ3) is 4.46. The molecule has 0 amide bonds. The summed E-state index contributed by atoms with van der Waals surface area (Å²) in [6, 6.07) is 12.4. The van der Waals surface area contributed by atoms with E-state index >= 15 is 4.39 Å². The second kappa shape index (κ2) is 8.11. The SMILES string of the molecule is CC1CC2c3ccccc3C=CC2C1[Si](C)(C)c1cc(F)cc(C(C)(C)C)c1OC(C)(C)C. The Kier molecular flexibility index (Phi) is 5.96. The molecule has 2 aromatic rings. The maximum atomic E-state index is 15.2. The molecule has 0 heterocycles. The lowest BCUT2D eigenvalue weighted by Crippen LogP contribution is -2.51. The van der Waals surface area contributed by atoms with Crippen LogP contribution in [0.5, 0.6) is 5.75 Å². The predicted octanol–water partition coefficient (Wildman–Crippen LogP) is 8.05. The highest BCUT2D eigenvalue weighted by molar-refractivity contribution is 6.91. The van der Waals surface area contributed by atoms with Crippen molar-refractivity contribution >= 4 is 19.3 Å². The number of halogens is 1. The fraction of sp³-hybridized carbons (Fsp3) is 0.533. The Hall–Kier alpha value is -1.87. The highest BCUT2D eigenvalue weighted by atomic mass is 28.3. The molecule has 0 saturated heterocycles. The van der Waals surface area contributed by atoms with Gasteiger partial charge in [0.15, 0.2) is 0 Å². The van der Waals surface area contributed by atoms with E-state index in [4.69, 9.17) is 4.74 Å². The quantitative estimate of drug-likeness (QED) is 0.417. The van der Waals surface area contributed by atoms with Crippen LogP contribution in [0, 0.1) is 17.7 Å². The van der Waals surface area contributed by atoms with Crippen molar-refractivity contribution in [2.75, 3.05) is 0 Å². The molecule has 4 unspecified atom stereocenters. The molecule has 2 aromatic carbocycles. The van der Waals surface area contributed by atoms with Gasteiger partial charge in [-0.25, -0.2) is 4.39 Å². The molecule has 178 valence electrons. The highest BCUT2D eigenvalue weighted by Gasteiger charge is 2.51. The Bertz CT molecular complexity index is 1070. The highest BCUT2D eigenvalue weighted by Crippen LogP contribution is 2.57. The Balaban J connectivity index is 1.86. The smallest absolute Gasteiger partial charge is 0.123 e. The van der Waals surface area contributed by atoms with Gasteiger partial charge in [-0.2, -0.15) is 0 Å². The Morgan fingerprint density at radius 3 is 2.30 bits per heavy atom. The lowest BCUT2D eigenvalue weighted by Gasteiger charge is -2.41. The first-order valence-corrected chi connectivity index (χ1v) is 15.6. The monoisotopic (exact) mass is 464 g/mol. The molecular weight excluding hydrogens is 423 g/mol. The zero-order chi connectivity index (χ0) is 24.3. The van der Waals surface area contributed by atoms with E-state index in [9.17, 15) is 0 Å². The van der Waals surface area contributed by atoms with E-state index in [1.165, 1.54) is 17.5 Å². The van der Waals surface area contributed by atoms with Gasteiger partial charge < -0.3 is 4.74 Å². The fourth-order valence-corrected chi connectivity index (χ4v) is 11.1. The van der Waals surface area contributed by atoms with Crippen LogP contribution in [0.2, 0.25) is 18.6 Å². The molecule has 0 radical (unpaired) electrons. The average Bonchev–Trinajstić information content (AvgIpc) is 3.04. The van der Waals surface area contributed by atoms with Gasteiger partial charge in [-0.15, -0.1) is 0 Å². The van der Waals surface area contributed by atoms with Crippen molar-refractivity contribution in [3.05, 3.63) is 65.0 Å². The number of ether oxygens (including phenoxy) is 1. The maximum absolute atomic E-state index is 15.2. The van der Waals surface area contributed by atoms with Crippen LogP contribution >= 0.6 is 0 Å². The van der Waals surface area contributed by atoms with Crippen LogP contribution in [0.3, 0.4) is 0 Å². The average molecular weight is 465 g/mol. The fourth-order valence-electron chi connectivity index (χ4n) is 6.55. The first-order chi connectivity index (χ1) is 15.2. The van der Waals surface area contributed by atoms with Crippen LogP contribution in [0.15, 0.2) is 42.5 Å². The van der Waals surface area contributed by atoms with E-state index in [1.54, 1.807) is 6.07 Å². The molecular formula is C30H41FOSi. The minimum absolute atomic E-state index is 0.136. The minimum Gasteiger partial charge on any atom is -0.488 e. The molecule has 4 atom stereocenters. The van der Waals surface area contributed by atoms with E-state index < -0.39 is 8.07 Å². The van der Waals surface area contributed by atoms with Gasteiger partial charge in [-0.1, -0.05) is 77.2 Å². The van der Waals surface area contributed by atoms with Crippen LogP contribution in [-0.4, -0.2) is 13.7 Å². The summed E-state index contributed by atoms with van der Waals surface area (Å²) < 4.78 is 21.8. The van der Waals surface area contributed by atoms with Crippen molar-refractivity contribution in [3.63, 3.8) is 0 Å². The first kappa shape index (κ1) is 24.3. The number of allylic oxidation sites excluding steroid dienone is 1. The maximum Gasteiger partial charge on any atom is 0.123 e. The lowest BCUT2D eigenvalue weighted by atomic mass is 9.81. The number of rotatable bonds is 3. The zero-order valence-corrected chi connectivity index (χ0v) is 22.9. The van der Waals surface area contributed by atoms with E-state index in [0.29, 0.717) is 23.3 Å². The van der Waals surface area contributed by atoms with Crippen molar-refractivity contribution < 1.29 is 9.13 Å². The molecule has 3 heteroatoms. The lowest BCUT2D eigenvalue weighted by molar-refractivity contribution is 0.129. The molecule has 1 fully saturated rings. The summed E-state index contributed by atoms with van der Waals surface area (Å²) in [7, 11) is -2.14. The first-order valence-electron chi connectivity index (χ1n) is 12.5. The Morgan fingerprint density at radius 2 is 1.67 bits per heavy atom. The number of hydrogen-bond donors (Lipinski definition) is 0. The van der Waals surface area contributed by atoms with Crippen molar-refractivity contribution in [2.45, 2.75) is 90.5 Å². The second-order valence-corrected chi connectivity index (χ2v) is 17.6. The standard InChI is InChI=1S/C30H41FOSi/c1-19-16-24-22-13-11-10-12-20(22)14-15-23(24)28(19)33(8,9)26-18-21(31)17-25(29(2,3)4)27(26)32-30(5,6)7/h10-15,17-19,23-24,28H,16H2,1-9H3. The van der Waals surface area contributed by atoms with Gasteiger partial charge in [0.05, 0.1) is 8.07 Å². The number of hydrogen-bond acceptors (Lipinski definition) is 1. The molecule has 2 aliphatic carbocycles. The molecule has 33 heavy (non-hydrogen) atoms. The minimum atomic E-state index is -2.14. The number of fused-ring (bicyclic) bond motifs is 3. The molecule has 0 bridgehead atoms. The van der Waals surface area contributed by atoms with Gasteiger partial charge in [0.1, 0.15) is 17.2 Å². The van der Waals surface area contributed by atoms with Crippen molar-refractivity contribution in [1.82, 2.24) is 0 Å². The van der Waals surface area contributed by atoms with E-state index in [-0.39, 0.29) is 16.8 Å². The van der Waals surface area contributed by atoms with E-state index in [2.05, 4.69) is 98.0 Å². The molecule has 0 aromatic heterocycles. The van der Waals surface area contributed by atoms with Gasteiger partial charge >= 0.3 is 0 Å². The summed E-state index contributed by atoms with van der Waals surface area (Å²) in [6.45, 7) is 20.1. The van der Waals surface area contributed by atoms with Crippen LogP contribution in [0.4, 0.5) is 4.39 Å². The van der Waals surface area contributed by atoms with Gasteiger partial charge in [-0.3, -0.25) is 0 Å². The van der Waals surface area contributed by atoms with Crippen LogP contribution in [-0.2, 0) is 5.41 Å². The van der Waals surface area contributed by atoms with Gasteiger partial charge in [0.25, 0.3) is 0 Å². The normalized spacial score (nSPS) is 25.0. The molecule has 0 spiro atoms. The Labute approximate surface area is 201 Å². The van der Waals surface area contributed by atoms with Crippen molar-refractivity contribution in [3.8, 4) is 5.75 Å². The van der Waals surface area contributed by atoms with Crippen LogP contribution in [0.1, 0.15) is 77.5 Å². The summed E-state index contributed by atoms with van der Waals surface area (Å²) in [6.07, 6.45) is 5.99. The van der Waals surface area contributed by atoms with Gasteiger partial charge in [-0.05, 0) is 84.3 Å². The Morgan fingerprint density at radius 1 is 1.00 bits per heavy atom. The number of benzene rings is 2. The van der Waals surface area contributed by atoms with Crippen LogP contribution < -0.4 is 9.92 Å². The topological polar surface area (TPSA) is 9.23 Å². The van der Waals surface area contributed by atoms with Crippen molar-refractivity contribution in [1.29, 1.82) is 0 Å². The van der Waals surface area contributed by atoms with E-state index in [0.717, 1.165) is 16.5 Å². The largest absolute Gasteiger partial charge is 0.488 e. The summed E-state index contributed by atoms with van der Waals surface area (Å²) in [4.78, 5) is 0. The molecule has 1 saturated carbocycles. The molecule has 0 aliphatic heterocycles. The van der Waals surface area contributed by atoms with Gasteiger partial charge in [0.2, 0.25) is 0 Å². The van der Waals surface area contributed by atoms with E-state index in [1.807, 2.05) is 6.07 Å². The predicted molar refractivity (Wildman–Crippen MR) is 142 cm³/mol. The summed E-state index contributed by atoms with van der Waals surface area (Å²) in [5.74, 6) is 2.44.